The molecule has 0 aliphatic heterocycles. The molecule has 0 bridgehead atoms. The second-order valence-corrected chi connectivity index (χ2v) is 5.59. The van der Waals surface area contributed by atoms with Gasteiger partial charge in [0.15, 0.2) is 0 Å². The number of aromatic nitrogens is 3. The summed E-state index contributed by atoms with van der Waals surface area (Å²) in [4.78, 5) is 22.8. The van der Waals surface area contributed by atoms with Crippen LogP contribution in [0.3, 0.4) is 0 Å². The number of rotatable bonds is 6. The molecule has 1 heterocycles. The van der Waals surface area contributed by atoms with Crippen molar-refractivity contribution in [3.8, 4) is 0 Å². The normalized spacial score (nSPS) is 10.5. The Morgan fingerprint density at radius 1 is 1.48 bits per heavy atom. The Kier molecular flexibility index (Phi) is 5.16. The Morgan fingerprint density at radius 3 is 2.78 bits per heavy atom. The highest BCUT2D eigenvalue weighted by atomic mass is 32.2. The maximum atomic E-state index is 11.8. The summed E-state index contributed by atoms with van der Waals surface area (Å²) in [5.41, 5.74) is -0.0958. The third kappa shape index (κ3) is 3.77. The monoisotopic (exact) mass is 337 g/mol. The average molecular weight is 337 g/mol. The molecule has 0 unspecified atom stereocenters. The van der Waals surface area contributed by atoms with Crippen LogP contribution in [0.5, 0.6) is 0 Å². The Morgan fingerprint density at radius 2 is 2.22 bits per heavy atom. The van der Waals surface area contributed by atoms with E-state index in [1.54, 1.807) is 6.92 Å². The highest BCUT2D eigenvalue weighted by molar-refractivity contribution is 7.99. The Hall–Kier alpha value is -2.62. The SMILES string of the molecule is CCCOC(=O)c1ccc(Sc2nnc(C)n2N)c([N+](=O)[O-])c1. The zero-order valence-electron chi connectivity index (χ0n) is 12.6. The van der Waals surface area contributed by atoms with E-state index in [-0.39, 0.29) is 17.9 Å². The first kappa shape index (κ1) is 16.7. The van der Waals surface area contributed by atoms with Gasteiger partial charge < -0.3 is 10.6 Å². The highest BCUT2D eigenvalue weighted by Crippen LogP contribution is 2.34. The van der Waals surface area contributed by atoms with Crippen molar-refractivity contribution < 1.29 is 14.5 Å². The molecule has 0 spiro atoms. The maximum absolute atomic E-state index is 11.8. The van der Waals surface area contributed by atoms with Gasteiger partial charge in [-0.1, -0.05) is 6.92 Å². The molecule has 0 saturated heterocycles. The number of hydrogen-bond acceptors (Lipinski definition) is 8. The number of benzene rings is 1. The third-order valence-electron chi connectivity index (χ3n) is 2.86. The molecule has 9 nitrogen and oxygen atoms in total. The van der Waals surface area contributed by atoms with Gasteiger partial charge in [0.25, 0.3) is 5.69 Å². The molecule has 10 heteroatoms. The van der Waals surface area contributed by atoms with E-state index in [0.29, 0.717) is 22.3 Å². The lowest BCUT2D eigenvalue weighted by atomic mass is 10.2. The Labute approximate surface area is 136 Å². The minimum atomic E-state index is -0.593. The molecule has 2 aromatic rings. The largest absolute Gasteiger partial charge is 0.462 e. The molecule has 0 aliphatic carbocycles. The molecule has 0 radical (unpaired) electrons. The lowest BCUT2D eigenvalue weighted by molar-refractivity contribution is -0.387. The number of esters is 1. The fraction of sp³-hybridized carbons (Fsp3) is 0.308. The van der Waals surface area contributed by atoms with Gasteiger partial charge in [0.2, 0.25) is 5.16 Å². The number of nitrogen functional groups attached to an aromatic ring is 1. The van der Waals surface area contributed by atoms with E-state index in [4.69, 9.17) is 10.6 Å². The van der Waals surface area contributed by atoms with Crippen LogP contribution in [-0.2, 0) is 4.74 Å². The fourth-order valence-corrected chi connectivity index (χ4v) is 2.55. The number of nitrogens with zero attached hydrogens (tertiary/aromatic N) is 4. The summed E-state index contributed by atoms with van der Waals surface area (Å²) in [6.45, 7) is 3.79. The average Bonchev–Trinajstić information content (AvgIpc) is 2.84. The zero-order valence-corrected chi connectivity index (χ0v) is 13.4. The minimum Gasteiger partial charge on any atom is -0.462 e. The highest BCUT2D eigenvalue weighted by Gasteiger charge is 2.21. The van der Waals surface area contributed by atoms with Crippen LogP contribution in [0.25, 0.3) is 0 Å². The standard InChI is InChI=1S/C13H15N5O4S/c1-3-6-22-12(19)9-4-5-11(10(7-9)18(20)21)23-13-16-15-8(2)17(13)14/h4-5,7H,3,6,14H2,1-2H3. The van der Waals surface area contributed by atoms with E-state index < -0.39 is 10.9 Å². The summed E-state index contributed by atoms with van der Waals surface area (Å²) in [7, 11) is 0. The number of aryl methyl sites for hydroxylation is 1. The van der Waals surface area contributed by atoms with Crippen molar-refractivity contribution in [1.29, 1.82) is 0 Å². The van der Waals surface area contributed by atoms with Crippen molar-refractivity contribution >= 4 is 23.4 Å². The van der Waals surface area contributed by atoms with Crippen LogP contribution in [0.15, 0.2) is 28.3 Å². The van der Waals surface area contributed by atoms with E-state index in [9.17, 15) is 14.9 Å². The first-order chi connectivity index (χ1) is 10.9. The molecular formula is C13H15N5O4S. The number of nitrogens with two attached hydrogens (primary N) is 1. The molecular weight excluding hydrogens is 322 g/mol. The molecule has 0 amide bonds. The smallest absolute Gasteiger partial charge is 0.338 e. The van der Waals surface area contributed by atoms with E-state index in [2.05, 4.69) is 10.2 Å². The van der Waals surface area contributed by atoms with Gasteiger partial charge in [-0.3, -0.25) is 10.1 Å². The van der Waals surface area contributed by atoms with Crippen LogP contribution in [0, 0.1) is 17.0 Å². The van der Waals surface area contributed by atoms with Crippen molar-refractivity contribution in [2.75, 3.05) is 12.4 Å². The topological polar surface area (TPSA) is 126 Å². The van der Waals surface area contributed by atoms with Crippen molar-refractivity contribution in [3.63, 3.8) is 0 Å². The van der Waals surface area contributed by atoms with Gasteiger partial charge in [0.1, 0.15) is 5.82 Å². The van der Waals surface area contributed by atoms with Gasteiger partial charge in [-0.25, -0.2) is 9.47 Å². The number of carbonyl (C=O) groups excluding carboxylic acids is 1. The van der Waals surface area contributed by atoms with Crippen LogP contribution < -0.4 is 5.84 Å². The van der Waals surface area contributed by atoms with Gasteiger partial charge in [-0.15, -0.1) is 10.2 Å². The number of hydrogen-bond donors (Lipinski definition) is 1. The summed E-state index contributed by atoms with van der Waals surface area (Å²) in [5, 5.41) is 19.2. The van der Waals surface area contributed by atoms with Gasteiger partial charge in [-0.05, 0) is 37.2 Å². The summed E-state index contributed by atoms with van der Waals surface area (Å²) in [6, 6.07) is 4.12. The van der Waals surface area contributed by atoms with Gasteiger partial charge >= 0.3 is 5.97 Å². The zero-order chi connectivity index (χ0) is 17.0. The molecule has 1 aromatic heterocycles. The predicted molar refractivity (Wildman–Crippen MR) is 82.7 cm³/mol. The maximum Gasteiger partial charge on any atom is 0.338 e. The van der Waals surface area contributed by atoms with Crippen LogP contribution >= 0.6 is 11.8 Å². The van der Waals surface area contributed by atoms with E-state index in [1.165, 1.54) is 22.9 Å². The van der Waals surface area contributed by atoms with Gasteiger partial charge in [-0.2, -0.15) is 0 Å². The molecule has 0 fully saturated rings. The molecule has 2 N–H and O–H groups in total. The summed E-state index contributed by atoms with van der Waals surface area (Å²) in [5.74, 6) is 5.62. The lowest BCUT2D eigenvalue weighted by Crippen LogP contribution is -2.11. The van der Waals surface area contributed by atoms with Crippen LogP contribution in [0.1, 0.15) is 29.5 Å². The van der Waals surface area contributed by atoms with Crippen LogP contribution in [-0.4, -0.2) is 32.4 Å². The van der Waals surface area contributed by atoms with Crippen molar-refractivity contribution in [3.05, 3.63) is 39.7 Å². The number of nitro benzene ring substituents is 1. The molecule has 122 valence electrons. The molecule has 23 heavy (non-hydrogen) atoms. The molecule has 2 rings (SSSR count). The lowest BCUT2D eigenvalue weighted by Gasteiger charge is -2.06. The predicted octanol–water partition coefficient (Wildman–Crippen LogP) is 1.93. The molecule has 0 saturated carbocycles. The van der Waals surface area contributed by atoms with E-state index >= 15 is 0 Å². The van der Waals surface area contributed by atoms with Gasteiger partial charge in [0, 0.05) is 6.07 Å². The van der Waals surface area contributed by atoms with Crippen molar-refractivity contribution in [1.82, 2.24) is 14.9 Å². The minimum absolute atomic E-state index is 0.125. The number of nitro groups is 1. The second kappa shape index (κ2) is 7.09. The summed E-state index contributed by atoms with van der Waals surface area (Å²) >= 11 is 0.999. The number of ether oxygens (including phenoxy) is 1. The quantitative estimate of drug-likeness (QED) is 0.367. The molecule has 1 aromatic carbocycles. The second-order valence-electron chi connectivity index (χ2n) is 4.58. The first-order valence-electron chi connectivity index (χ1n) is 6.74. The van der Waals surface area contributed by atoms with Crippen LogP contribution in [0.4, 0.5) is 5.69 Å². The molecule has 0 aliphatic rings. The first-order valence-corrected chi connectivity index (χ1v) is 7.56. The third-order valence-corrected chi connectivity index (χ3v) is 3.89. The van der Waals surface area contributed by atoms with E-state index in [1.807, 2.05) is 6.92 Å². The summed E-state index contributed by atoms with van der Waals surface area (Å²) in [6.07, 6.45) is 0.674. The van der Waals surface area contributed by atoms with Crippen molar-refractivity contribution in [2.45, 2.75) is 30.3 Å². The van der Waals surface area contributed by atoms with Crippen LogP contribution in [0.2, 0.25) is 0 Å². The summed E-state index contributed by atoms with van der Waals surface area (Å²) < 4.78 is 6.21. The molecule has 0 atom stereocenters. The number of carbonyl (C=O) groups is 1. The van der Waals surface area contributed by atoms with Crippen molar-refractivity contribution in [2.24, 2.45) is 0 Å². The van der Waals surface area contributed by atoms with Gasteiger partial charge in [0.05, 0.1) is 22.0 Å². The Balaban J connectivity index is 2.31. The van der Waals surface area contributed by atoms with E-state index in [0.717, 1.165) is 11.8 Å². The Bertz CT molecular complexity index is 746. The fourth-order valence-electron chi connectivity index (χ4n) is 1.67.